The molecule has 3 heteroatoms. The van der Waals surface area contributed by atoms with Gasteiger partial charge in [-0.15, -0.1) is 11.8 Å². The van der Waals surface area contributed by atoms with E-state index in [1.807, 2.05) is 13.0 Å². The molecule has 0 amide bonds. The normalized spacial score (nSPS) is 12.0. The van der Waals surface area contributed by atoms with Gasteiger partial charge in [-0.25, -0.2) is 0 Å². The second-order valence-electron chi connectivity index (χ2n) is 5.05. The number of nitrogens with one attached hydrogen (secondary N) is 1. The Labute approximate surface area is 131 Å². The number of ether oxygens (including phenoxy) is 1. The molecule has 1 unspecified atom stereocenters. The summed E-state index contributed by atoms with van der Waals surface area (Å²) in [6.07, 6.45) is 2.10. The van der Waals surface area contributed by atoms with Gasteiger partial charge < -0.3 is 10.1 Å². The first-order chi connectivity index (χ1) is 10.1. The second kappa shape index (κ2) is 7.41. The van der Waals surface area contributed by atoms with Crippen molar-refractivity contribution in [2.45, 2.75) is 31.7 Å². The highest BCUT2D eigenvalue weighted by atomic mass is 32.2. The number of anilines is 1. The molecule has 2 nitrogen and oxygen atoms in total. The predicted octanol–water partition coefficient (Wildman–Crippen LogP) is 5.29. The van der Waals surface area contributed by atoms with Crippen LogP contribution in [0.4, 0.5) is 5.69 Å². The van der Waals surface area contributed by atoms with Gasteiger partial charge in [-0.2, -0.15) is 0 Å². The molecule has 21 heavy (non-hydrogen) atoms. The summed E-state index contributed by atoms with van der Waals surface area (Å²) in [7, 11) is 0. The van der Waals surface area contributed by atoms with Crippen LogP contribution in [-0.2, 0) is 0 Å². The van der Waals surface area contributed by atoms with Crippen molar-refractivity contribution in [3.8, 4) is 5.75 Å². The lowest BCUT2D eigenvalue weighted by molar-refractivity contribution is 0.340. The van der Waals surface area contributed by atoms with Crippen LogP contribution in [0.3, 0.4) is 0 Å². The topological polar surface area (TPSA) is 21.3 Å². The molecule has 0 aromatic heterocycles. The number of hydrogen-bond acceptors (Lipinski definition) is 3. The van der Waals surface area contributed by atoms with Crippen LogP contribution in [0.5, 0.6) is 5.75 Å². The molecule has 1 atom stereocenters. The van der Waals surface area contributed by atoms with Gasteiger partial charge in [0.05, 0.1) is 6.61 Å². The van der Waals surface area contributed by atoms with Crippen LogP contribution in [-0.4, -0.2) is 12.9 Å². The van der Waals surface area contributed by atoms with E-state index in [9.17, 15) is 0 Å². The second-order valence-corrected chi connectivity index (χ2v) is 5.93. The first-order valence-electron chi connectivity index (χ1n) is 7.28. The summed E-state index contributed by atoms with van der Waals surface area (Å²) in [6.45, 7) is 6.99. The average Bonchev–Trinajstić information content (AvgIpc) is 2.50. The number of hydrogen-bond donors (Lipinski definition) is 1. The van der Waals surface area contributed by atoms with Crippen molar-refractivity contribution in [1.82, 2.24) is 0 Å². The fourth-order valence-corrected chi connectivity index (χ4v) is 2.67. The number of rotatable bonds is 6. The number of thioether (sulfide) groups is 1. The molecule has 0 radical (unpaired) electrons. The van der Waals surface area contributed by atoms with Gasteiger partial charge in [-0.3, -0.25) is 0 Å². The minimum atomic E-state index is 0.276. The van der Waals surface area contributed by atoms with Crippen molar-refractivity contribution in [1.29, 1.82) is 0 Å². The lowest BCUT2D eigenvalue weighted by atomic mass is 10.1. The molecule has 0 aliphatic heterocycles. The third-order valence-electron chi connectivity index (χ3n) is 3.50. The van der Waals surface area contributed by atoms with E-state index >= 15 is 0 Å². The zero-order chi connectivity index (χ0) is 15.2. The third kappa shape index (κ3) is 4.18. The molecule has 2 aromatic carbocycles. The number of benzene rings is 2. The summed E-state index contributed by atoms with van der Waals surface area (Å²) in [5.41, 5.74) is 3.65. The first kappa shape index (κ1) is 15.8. The Kier molecular flexibility index (Phi) is 5.57. The van der Waals surface area contributed by atoms with Crippen LogP contribution in [0.1, 0.15) is 31.0 Å². The van der Waals surface area contributed by atoms with Gasteiger partial charge in [0.2, 0.25) is 0 Å². The van der Waals surface area contributed by atoms with E-state index in [1.54, 1.807) is 11.8 Å². The molecule has 0 fully saturated rings. The zero-order valence-electron chi connectivity index (χ0n) is 13.1. The monoisotopic (exact) mass is 301 g/mol. The molecule has 0 bridgehead atoms. The highest BCUT2D eigenvalue weighted by Gasteiger charge is 2.07. The fraction of sp³-hybridized carbons (Fsp3) is 0.333. The van der Waals surface area contributed by atoms with Crippen molar-refractivity contribution in [2.75, 3.05) is 18.2 Å². The quantitative estimate of drug-likeness (QED) is 0.733. The molecule has 0 aliphatic carbocycles. The van der Waals surface area contributed by atoms with Crippen molar-refractivity contribution in [3.05, 3.63) is 53.6 Å². The van der Waals surface area contributed by atoms with Gasteiger partial charge in [0.1, 0.15) is 5.75 Å². The van der Waals surface area contributed by atoms with Crippen molar-refractivity contribution in [2.24, 2.45) is 0 Å². The molecule has 0 aliphatic rings. The van der Waals surface area contributed by atoms with E-state index in [1.165, 1.54) is 16.0 Å². The smallest absolute Gasteiger partial charge is 0.119 e. The fourth-order valence-electron chi connectivity index (χ4n) is 2.26. The van der Waals surface area contributed by atoms with E-state index < -0.39 is 0 Å². The van der Waals surface area contributed by atoms with E-state index in [4.69, 9.17) is 4.74 Å². The van der Waals surface area contributed by atoms with E-state index in [2.05, 4.69) is 61.8 Å². The van der Waals surface area contributed by atoms with Gasteiger partial charge in [0.25, 0.3) is 0 Å². The summed E-state index contributed by atoms with van der Waals surface area (Å²) in [4.78, 5) is 1.29. The van der Waals surface area contributed by atoms with Gasteiger partial charge in [-0.05, 0) is 68.5 Å². The SMILES string of the molecule is CCOc1ccc(NC(C)c2ccc(SC)cc2)c(C)c1. The van der Waals surface area contributed by atoms with Crippen LogP contribution >= 0.6 is 11.8 Å². The average molecular weight is 301 g/mol. The molecule has 2 aromatic rings. The highest BCUT2D eigenvalue weighted by Crippen LogP contribution is 2.26. The lowest BCUT2D eigenvalue weighted by Crippen LogP contribution is -2.07. The molecule has 1 N–H and O–H groups in total. The summed E-state index contributed by atoms with van der Waals surface area (Å²) in [5, 5.41) is 3.57. The van der Waals surface area contributed by atoms with Crippen molar-refractivity contribution >= 4 is 17.4 Å². The molecular weight excluding hydrogens is 278 g/mol. The lowest BCUT2D eigenvalue weighted by Gasteiger charge is -2.18. The zero-order valence-corrected chi connectivity index (χ0v) is 14.0. The minimum absolute atomic E-state index is 0.276. The van der Waals surface area contributed by atoms with Gasteiger partial charge in [0, 0.05) is 16.6 Å². The van der Waals surface area contributed by atoms with E-state index in [0.29, 0.717) is 6.61 Å². The summed E-state index contributed by atoms with van der Waals surface area (Å²) in [5.74, 6) is 0.928. The van der Waals surface area contributed by atoms with Crippen molar-refractivity contribution < 1.29 is 4.74 Å². The van der Waals surface area contributed by atoms with Crippen LogP contribution in [0.15, 0.2) is 47.4 Å². The molecule has 0 saturated carbocycles. The van der Waals surface area contributed by atoms with E-state index in [0.717, 1.165) is 11.4 Å². The third-order valence-corrected chi connectivity index (χ3v) is 4.24. The first-order valence-corrected chi connectivity index (χ1v) is 8.50. The highest BCUT2D eigenvalue weighted by molar-refractivity contribution is 7.98. The summed E-state index contributed by atoms with van der Waals surface area (Å²) < 4.78 is 5.53. The Morgan fingerprint density at radius 1 is 1.14 bits per heavy atom. The Balaban J connectivity index is 2.09. The maximum absolute atomic E-state index is 5.53. The maximum atomic E-state index is 5.53. The van der Waals surface area contributed by atoms with E-state index in [-0.39, 0.29) is 6.04 Å². The molecule has 0 heterocycles. The molecule has 2 rings (SSSR count). The van der Waals surface area contributed by atoms with Crippen LogP contribution in [0, 0.1) is 6.92 Å². The van der Waals surface area contributed by atoms with Crippen LogP contribution in [0.25, 0.3) is 0 Å². The molecule has 0 spiro atoms. The minimum Gasteiger partial charge on any atom is -0.494 e. The van der Waals surface area contributed by atoms with Gasteiger partial charge in [0.15, 0.2) is 0 Å². The summed E-state index contributed by atoms with van der Waals surface area (Å²) >= 11 is 1.77. The molecule has 112 valence electrons. The molecule has 0 saturated heterocycles. The Morgan fingerprint density at radius 2 is 1.86 bits per heavy atom. The standard InChI is InChI=1S/C18H23NOS/c1-5-20-16-8-11-18(13(2)12-16)19-14(3)15-6-9-17(21-4)10-7-15/h6-12,14,19H,5H2,1-4H3. The summed E-state index contributed by atoms with van der Waals surface area (Å²) in [6, 6.07) is 15.2. The largest absolute Gasteiger partial charge is 0.494 e. The van der Waals surface area contributed by atoms with Crippen molar-refractivity contribution in [3.63, 3.8) is 0 Å². The Hall–Kier alpha value is -1.61. The Bertz CT molecular complexity index is 580. The van der Waals surface area contributed by atoms with Gasteiger partial charge >= 0.3 is 0 Å². The van der Waals surface area contributed by atoms with Crippen LogP contribution < -0.4 is 10.1 Å². The Morgan fingerprint density at radius 3 is 2.43 bits per heavy atom. The van der Waals surface area contributed by atoms with Crippen LogP contribution in [0.2, 0.25) is 0 Å². The predicted molar refractivity (Wildman–Crippen MR) is 92.6 cm³/mol. The van der Waals surface area contributed by atoms with Gasteiger partial charge in [-0.1, -0.05) is 12.1 Å². The molecular formula is C18H23NOS. The maximum Gasteiger partial charge on any atom is 0.119 e. The number of aryl methyl sites for hydroxylation is 1.